The van der Waals surface area contributed by atoms with Gasteiger partial charge in [-0.1, -0.05) is 27.2 Å². The summed E-state index contributed by atoms with van der Waals surface area (Å²) in [4.78, 5) is 5.08. The van der Waals surface area contributed by atoms with Crippen molar-refractivity contribution >= 4 is 0 Å². The Bertz CT molecular complexity index is 248. The lowest BCUT2D eigenvalue weighted by atomic mass is 9.81. The molecule has 1 aliphatic heterocycles. The topological polar surface area (TPSA) is 32.5 Å². The van der Waals surface area contributed by atoms with E-state index < -0.39 is 0 Å². The molecule has 2 N–H and O–H groups in total. The van der Waals surface area contributed by atoms with Gasteiger partial charge in [-0.15, -0.1) is 0 Å². The van der Waals surface area contributed by atoms with E-state index in [1.54, 1.807) is 0 Å². The molecule has 3 heteroatoms. The van der Waals surface area contributed by atoms with Crippen molar-refractivity contribution in [3.63, 3.8) is 0 Å². The monoisotopic (exact) mass is 269 g/mol. The summed E-state index contributed by atoms with van der Waals surface area (Å²) in [6.07, 6.45) is 6.32. The van der Waals surface area contributed by atoms with Gasteiger partial charge in [0.1, 0.15) is 0 Å². The first-order valence-corrected chi connectivity index (χ1v) is 8.10. The molecule has 0 saturated carbocycles. The first-order chi connectivity index (χ1) is 8.99. The highest BCUT2D eigenvalue weighted by atomic mass is 15.3. The predicted octanol–water partition coefficient (Wildman–Crippen LogP) is 2.56. The van der Waals surface area contributed by atoms with Crippen LogP contribution < -0.4 is 5.73 Å². The van der Waals surface area contributed by atoms with Gasteiger partial charge in [-0.25, -0.2) is 0 Å². The van der Waals surface area contributed by atoms with Gasteiger partial charge in [-0.2, -0.15) is 0 Å². The van der Waals surface area contributed by atoms with Crippen LogP contribution in [0.4, 0.5) is 0 Å². The normalized spacial score (nSPS) is 26.4. The summed E-state index contributed by atoms with van der Waals surface area (Å²) < 4.78 is 0. The fraction of sp³-hybridized carbons (Fsp3) is 1.00. The summed E-state index contributed by atoms with van der Waals surface area (Å²) in [5, 5.41) is 0. The predicted molar refractivity (Wildman–Crippen MR) is 84.4 cm³/mol. The molecular formula is C16H35N3. The van der Waals surface area contributed by atoms with Gasteiger partial charge in [0.05, 0.1) is 0 Å². The molecule has 3 atom stereocenters. The summed E-state index contributed by atoms with van der Waals surface area (Å²) in [5.41, 5.74) is 6.44. The van der Waals surface area contributed by atoms with Crippen LogP contribution >= 0.6 is 0 Å². The third kappa shape index (κ3) is 4.17. The zero-order chi connectivity index (χ0) is 14.5. The highest BCUT2D eigenvalue weighted by molar-refractivity contribution is 4.95. The van der Waals surface area contributed by atoms with E-state index in [1.165, 1.54) is 45.2 Å². The highest BCUT2D eigenvalue weighted by Gasteiger charge is 2.37. The second-order valence-electron chi connectivity index (χ2n) is 6.71. The number of piperidine rings is 1. The van der Waals surface area contributed by atoms with Crippen LogP contribution in [0.5, 0.6) is 0 Å². The van der Waals surface area contributed by atoms with Crippen LogP contribution in [0.3, 0.4) is 0 Å². The van der Waals surface area contributed by atoms with Crippen LogP contribution in [0, 0.1) is 5.92 Å². The molecule has 0 bridgehead atoms. The Morgan fingerprint density at radius 3 is 2.53 bits per heavy atom. The first-order valence-electron chi connectivity index (χ1n) is 8.10. The average Bonchev–Trinajstić information content (AvgIpc) is 2.44. The molecule has 0 radical (unpaired) electrons. The van der Waals surface area contributed by atoms with Crippen LogP contribution in [-0.4, -0.2) is 55.1 Å². The van der Waals surface area contributed by atoms with Gasteiger partial charge in [0.15, 0.2) is 0 Å². The van der Waals surface area contributed by atoms with Gasteiger partial charge < -0.3 is 10.6 Å². The minimum absolute atomic E-state index is 0.226. The lowest BCUT2D eigenvalue weighted by Crippen LogP contribution is -2.59. The summed E-state index contributed by atoms with van der Waals surface area (Å²) in [7, 11) is 4.41. The van der Waals surface area contributed by atoms with E-state index in [1.807, 2.05) is 0 Å². The van der Waals surface area contributed by atoms with Crippen molar-refractivity contribution in [3.05, 3.63) is 0 Å². The zero-order valence-electron chi connectivity index (χ0n) is 13.8. The molecule has 1 saturated heterocycles. The van der Waals surface area contributed by atoms with E-state index in [-0.39, 0.29) is 5.54 Å². The van der Waals surface area contributed by atoms with Gasteiger partial charge in [-0.3, -0.25) is 4.90 Å². The maximum Gasteiger partial charge on any atom is 0.0332 e. The summed E-state index contributed by atoms with van der Waals surface area (Å²) >= 11 is 0. The number of likely N-dealkylation sites (tertiary alicyclic amines) is 1. The lowest BCUT2D eigenvalue weighted by Gasteiger charge is -2.49. The van der Waals surface area contributed by atoms with E-state index in [0.717, 1.165) is 12.5 Å². The Morgan fingerprint density at radius 2 is 2.05 bits per heavy atom. The Balaban J connectivity index is 2.79. The van der Waals surface area contributed by atoms with E-state index in [2.05, 4.69) is 44.7 Å². The molecule has 0 amide bonds. The van der Waals surface area contributed by atoms with Crippen LogP contribution in [0.2, 0.25) is 0 Å². The molecule has 0 aromatic heterocycles. The van der Waals surface area contributed by atoms with Crippen molar-refractivity contribution in [1.82, 2.24) is 9.80 Å². The fourth-order valence-corrected chi connectivity index (χ4v) is 3.45. The van der Waals surface area contributed by atoms with Gasteiger partial charge in [0, 0.05) is 24.7 Å². The number of likely N-dealkylation sites (N-methyl/N-ethyl adjacent to an activating group) is 1. The fourth-order valence-electron chi connectivity index (χ4n) is 3.45. The van der Waals surface area contributed by atoms with Crippen molar-refractivity contribution in [3.8, 4) is 0 Å². The molecule has 0 spiro atoms. The molecular weight excluding hydrogens is 234 g/mol. The SMILES string of the molecule is CCC(C)CC(CC)(CN)N1CCCC(N(C)C)C1. The van der Waals surface area contributed by atoms with Crippen LogP contribution in [0.1, 0.15) is 52.9 Å². The molecule has 19 heavy (non-hydrogen) atoms. The zero-order valence-corrected chi connectivity index (χ0v) is 13.8. The minimum Gasteiger partial charge on any atom is -0.329 e. The Morgan fingerprint density at radius 1 is 1.37 bits per heavy atom. The van der Waals surface area contributed by atoms with Gasteiger partial charge in [0.2, 0.25) is 0 Å². The largest absolute Gasteiger partial charge is 0.329 e. The number of rotatable bonds is 7. The summed E-state index contributed by atoms with van der Waals surface area (Å²) in [5.74, 6) is 0.767. The molecule has 1 fully saturated rings. The molecule has 114 valence electrons. The van der Waals surface area contributed by atoms with Crippen LogP contribution in [-0.2, 0) is 0 Å². The Kier molecular flexibility index (Phi) is 6.78. The Hall–Kier alpha value is -0.120. The van der Waals surface area contributed by atoms with Crippen molar-refractivity contribution in [2.75, 3.05) is 33.7 Å². The lowest BCUT2D eigenvalue weighted by molar-refractivity contribution is 0.0176. The smallest absolute Gasteiger partial charge is 0.0332 e. The van der Waals surface area contributed by atoms with Crippen molar-refractivity contribution in [1.29, 1.82) is 0 Å². The second-order valence-corrected chi connectivity index (χ2v) is 6.71. The molecule has 3 nitrogen and oxygen atoms in total. The first kappa shape index (κ1) is 16.9. The van der Waals surface area contributed by atoms with Crippen molar-refractivity contribution in [2.24, 2.45) is 11.7 Å². The van der Waals surface area contributed by atoms with Crippen molar-refractivity contribution in [2.45, 2.75) is 64.5 Å². The van der Waals surface area contributed by atoms with Crippen LogP contribution in [0.25, 0.3) is 0 Å². The number of nitrogens with two attached hydrogens (primary N) is 1. The number of hydrogen-bond acceptors (Lipinski definition) is 3. The number of nitrogens with zero attached hydrogens (tertiary/aromatic N) is 2. The minimum atomic E-state index is 0.226. The maximum absolute atomic E-state index is 6.22. The van der Waals surface area contributed by atoms with Gasteiger partial charge in [-0.05, 0) is 52.2 Å². The summed E-state index contributed by atoms with van der Waals surface area (Å²) in [6.45, 7) is 10.2. The second kappa shape index (κ2) is 7.61. The summed E-state index contributed by atoms with van der Waals surface area (Å²) in [6, 6.07) is 0.697. The molecule has 3 unspecified atom stereocenters. The maximum atomic E-state index is 6.22. The molecule has 1 heterocycles. The molecule has 1 aliphatic rings. The van der Waals surface area contributed by atoms with Crippen molar-refractivity contribution < 1.29 is 0 Å². The Labute approximate surface area is 120 Å². The van der Waals surface area contributed by atoms with Gasteiger partial charge >= 0.3 is 0 Å². The average molecular weight is 269 g/mol. The third-order valence-corrected chi connectivity index (χ3v) is 5.26. The van der Waals surface area contributed by atoms with Crippen LogP contribution in [0.15, 0.2) is 0 Å². The molecule has 0 aromatic carbocycles. The van der Waals surface area contributed by atoms with E-state index >= 15 is 0 Å². The number of hydrogen-bond donors (Lipinski definition) is 1. The molecule has 1 rings (SSSR count). The molecule has 0 aliphatic carbocycles. The standard InChI is InChI=1S/C16H35N3/c1-6-14(3)11-16(7-2,13-17)19-10-8-9-15(12-19)18(4)5/h14-15H,6-13,17H2,1-5H3. The highest BCUT2D eigenvalue weighted by Crippen LogP contribution is 2.31. The van der Waals surface area contributed by atoms with Gasteiger partial charge in [0.25, 0.3) is 0 Å². The van der Waals surface area contributed by atoms with E-state index in [0.29, 0.717) is 6.04 Å². The third-order valence-electron chi connectivity index (χ3n) is 5.26. The van der Waals surface area contributed by atoms with E-state index in [4.69, 9.17) is 5.73 Å². The molecule has 0 aromatic rings. The quantitative estimate of drug-likeness (QED) is 0.771. The van der Waals surface area contributed by atoms with E-state index in [9.17, 15) is 0 Å².